The molecule has 1 aromatic carbocycles. The van der Waals surface area contributed by atoms with Crippen molar-refractivity contribution in [1.82, 2.24) is 10.2 Å². The SMILES string of the molecule is COC(=O)[C@@H](NC(=O)[C@@H]1CCCN1C(=O)[C@H](C)C[Se]Cc1ccc(OC)cc1)C(C)C. The molecule has 0 aliphatic carbocycles. The fourth-order valence-electron chi connectivity index (χ4n) is 3.61. The number of esters is 1. The summed E-state index contributed by atoms with van der Waals surface area (Å²) < 4.78 is 9.99. The van der Waals surface area contributed by atoms with Gasteiger partial charge in [-0.15, -0.1) is 0 Å². The fraction of sp³-hybridized carbons (Fsp3) is 0.609. The summed E-state index contributed by atoms with van der Waals surface area (Å²) in [5.74, 6) is -0.104. The van der Waals surface area contributed by atoms with Crippen LogP contribution in [0.1, 0.15) is 39.2 Å². The number of carbonyl (C=O) groups is 3. The molecule has 0 saturated carbocycles. The summed E-state index contributed by atoms with van der Waals surface area (Å²) in [5.41, 5.74) is 1.24. The standard InChI is InChI=1S/C23H34N2O5Se/c1-15(2)20(23(28)30-5)24-21(26)19-7-6-12-25(19)22(27)16(3)13-31-14-17-8-10-18(29-4)11-9-17/h8-11,15-16,19-20H,6-7,12-14H2,1-5H3,(H,24,26)/t16-,19+,20+/m1/s1. The molecule has 0 radical (unpaired) electrons. The molecule has 31 heavy (non-hydrogen) atoms. The van der Waals surface area contributed by atoms with Crippen LogP contribution in [0.2, 0.25) is 5.32 Å². The minimum absolute atomic E-state index is 0.0217. The Balaban J connectivity index is 1.90. The molecule has 1 N–H and O–H groups in total. The van der Waals surface area contributed by atoms with Gasteiger partial charge in [0.15, 0.2) is 0 Å². The van der Waals surface area contributed by atoms with Crippen molar-refractivity contribution in [3.63, 3.8) is 0 Å². The summed E-state index contributed by atoms with van der Waals surface area (Å²) in [6, 6.07) is 6.79. The average Bonchev–Trinajstić information content (AvgIpc) is 3.26. The van der Waals surface area contributed by atoms with Gasteiger partial charge in [-0.2, -0.15) is 0 Å². The van der Waals surface area contributed by atoms with Gasteiger partial charge in [0.05, 0.1) is 0 Å². The van der Waals surface area contributed by atoms with E-state index in [1.807, 2.05) is 32.9 Å². The summed E-state index contributed by atoms with van der Waals surface area (Å²) in [4.78, 5) is 39.6. The molecule has 1 fully saturated rings. The molecule has 0 unspecified atom stereocenters. The van der Waals surface area contributed by atoms with Gasteiger partial charge in [-0.25, -0.2) is 0 Å². The normalized spacial score (nSPS) is 17.9. The Kier molecular flexibility index (Phi) is 9.85. The number of hydrogen-bond donors (Lipinski definition) is 1. The van der Waals surface area contributed by atoms with Crippen molar-refractivity contribution < 1.29 is 23.9 Å². The number of likely N-dealkylation sites (tertiary alicyclic amines) is 1. The summed E-state index contributed by atoms with van der Waals surface area (Å²) in [6.07, 6.45) is 1.41. The van der Waals surface area contributed by atoms with Crippen LogP contribution >= 0.6 is 0 Å². The Morgan fingerprint density at radius 3 is 2.42 bits per heavy atom. The fourth-order valence-corrected chi connectivity index (χ4v) is 5.79. The van der Waals surface area contributed by atoms with E-state index in [0.29, 0.717) is 13.0 Å². The van der Waals surface area contributed by atoms with E-state index in [9.17, 15) is 14.4 Å². The van der Waals surface area contributed by atoms with Crippen LogP contribution in [0.25, 0.3) is 0 Å². The van der Waals surface area contributed by atoms with E-state index in [0.717, 1.165) is 22.8 Å². The predicted octanol–water partition coefficient (Wildman–Crippen LogP) is 2.26. The van der Waals surface area contributed by atoms with E-state index in [1.165, 1.54) is 12.7 Å². The van der Waals surface area contributed by atoms with Gasteiger partial charge in [0.2, 0.25) is 0 Å². The van der Waals surface area contributed by atoms with Crippen LogP contribution in [-0.2, 0) is 24.4 Å². The van der Waals surface area contributed by atoms with Gasteiger partial charge in [-0.05, 0) is 0 Å². The van der Waals surface area contributed by atoms with Crippen LogP contribution in [0.5, 0.6) is 5.75 Å². The second-order valence-corrected chi connectivity index (χ2v) is 10.4. The Hall–Kier alpha value is -2.05. The molecule has 2 rings (SSSR count). The quantitative estimate of drug-likeness (QED) is 0.396. The van der Waals surface area contributed by atoms with Crippen molar-refractivity contribution in [3.05, 3.63) is 29.8 Å². The number of benzene rings is 1. The van der Waals surface area contributed by atoms with Gasteiger partial charge < -0.3 is 0 Å². The number of carbonyl (C=O) groups excluding carboxylic acids is 3. The Morgan fingerprint density at radius 2 is 1.84 bits per heavy atom. The van der Waals surface area contributed by atoms with Crippen molar-refractivity contribution >= 4 is 32.7 Å². The Morgan fingerprint density at radius 1 is 1.16 bits per heavy atom. The van der Waals surface area contributed by atoms with Gasteiger partial charge in [0, 0.05) is 0 Å². The molecule has 7 nitrogen and oxygen atoms in total. The molecule has 1 aliphatic rings. The topological polar surface area (TPSA) is 84.9 Å². The summed E-state index contributed by atoms with van der Waals surface area (Å²) in [5, 5.41) is 4.56. The van der Waals surface area contributed by atoms with Crippen molar-refractivity contribution in [2.24, 2.45) is 11.8 Å². The van der Waals surface area contributed by atoms with Gasteiger partial charge in [-0.3, -0.25) is 0 Å². The monoisotopic (exact) mass is 498 g/mol. The Bertz CT molecular complexity index is 753. The molecule has 1 aliphatic heterocycles. The van der Waals surface area contributed by atoms with Gasteiger partial charge in [-0.1, -0.05) is 0 Å². The van der Waals surface area contributed by atoms with Gasteiger partial charge >= 0.3 is 191 Å². The number of nitrogens with one attached hydrogen (secondary N) is 1. The van der Waals surface area contributed by atoms with Crippen molar-refractivity contribution in [2.45, 2.75) is 56.3 Å². The molecule has 3 atom stereocenters. The zero-order chi connectivity index (χ0) is 23.0. The van der Waals surface area contributed by atoms with Crippen LogP contribution in [0, 0.1) is 11.8 Å². The maximum atomic E-state index is 13.0. The summed E-state index contributed by atoms with van der Waals surface area (Å²) in [6.45, 7) is 6.23. The average molecular weight is 497 g/mol. The number of methoxy groups -OCH3 is 2. The van der Waals surface area contributed by atoms with Crippen molar-refractivity contribution in [2.75, 3.05) is 20.8 Å². The summed E-state index contributed by atoms with van der Waals surface area (Å²) >= 11 is 0.286. The minimum atomic E-state index is -0.708. The third kappa shape index (κ3) is 6.97. The van der Waals surface area contributed by atoms with Crippen LogP contribution in [-0.4, -0.2) is 70.5 Å². The van der Waals surface area contributed by atoms with Gasteiger partial charge in [0.1, 0.15) is 0 Å². The number of nitrogens with zero attached hydrogens (tertiary/aromatic N) is 1. The van der Waals surface area contributed by atoms with E-state index in [1.54, 1.807) is 12.0 Å². The third-order valence-electron chi connectivity index (χ3n) is 5.48. The second-order valence-electron chi connectivity index (χ2n) is 8.21. The molecule has 0 bridgehead atoms. The molecule has 1 saturated heterocycles. The first-order valence-electron chi connectivity index (χ1n) is 10.7. The van der Waals surface area contributed by atoms with Crippen molar-refractivity contribution in [3.8, 4) is 5.75 Å². The van der Waals surface area contributed by atoms with E-state index >= 15 is 0 Å². The number of amides is 2. The van der Waals surface area contributed by atoms with E-state index in [-0.39, 0.29) is 38.6 Å². The molecule has 172 valence electrons. The van der Waals surface area contributed by atoms with E-state index in [4.69, 9.17) is 9.47 Å². The van der Waals surface area contributed by atoms with Crippen LogP contribution in [0.3, 0.4) is 0 Å². The molecule has 1 heterocycles. The van der Waals surface area contributed by atoms with E-state index in [2.05, 4.69) is 17.4 Å². The zero-order valence-corrected chi connectivity index (χ0v) is 20.8. The molecular formula is C23H34N2O5Se. The first-order valence-corrected chi connectivity index (χ1v) is 13.1. The Labute approximate surface area is 191 Å². The number of rotatable bonds is 10. The molecule has 0 spiro atoms. The zero-order valence-electron chi connectivity index (χ0n) is 19.1. The van der Waals surface area contributed by atoms with Crippen molar-refractivity contribution in [1.29, 1.82) is 0 Å². The molecule has 1 aromatic rings. The molecule has 8 heteroatoms. The van der Waals surface area contributed by atoms with E-state index < -0.39 is 18.1 Å². The maximum absolute atomic E-state index is 13.0. The molecular weight excluding hydrogens is 463 g/mol. The van der Waals surface area contributed by atoms with Crippen LogP contribution in [0.15, 0.2) is 24.3 Å². The predicted molar refractivity (Wildman–Crippen MR) is 120 cm³/mol. The van der Waals surface area contributed by atoms with Crippen LogP contribution < -0.4 is 10.1 Å². The number of ether oxygens (including phenoxy) is 2. The van der Waals surface area contributed by atoms with Crippen LogP contribution in [0.4, 0.5) is 0 Å². The first-order chi connectivity index (χ1) is 14.8. The second kappa shape index (κ2) is 12.1. The third-order valence-corrected chi connectivity index (χ3v) is 8.15. The molecule has 0 aromatic heterocycles. The first kappa shape index (κ1) is 25.2. The summed E-state index contributed by atoms with van der Waals surface area (Å²) in [7, 11) is 2.96. The molecule has 2 amide bonds. The van der Waals surface area contributed by atoms with Gasteiger partial charge in [0.25, 0.3) is 0 Å². The number of hydrogen-bond acceptors (Lipinski definition) is 5.